The van der Waals surface area contributed by atoms with Gasteiger partial charge in [0, 0.05) is 12.7 Å². The Morgan fingerprint density at radius 2 is 2.05 bits per heavy atom. The Kier molecular flexibility index (Phi) is 4.94. The van der Waals surface area contributed by atoms with Crippen molar-refractivity contribution in [3.8, 4) is 0 Å². The van der Waals surface area contributed by atoms with Crippen LogP contribution in [0.5, 0.6) is 0 Å². The maximum atomic E-state index is 11.8. The molecule has 6 heteroatoms. The summed E-state index contributed by atoms with van der Waals surface area (Å²) < 4.78 is 15.5. The lowest BCUT2D eigenvalue weighted by atomic mass is 9.98. The van der Waals surface area contributed by atoms with Gasteiger partial charge in [0.25, 0.3) is 0 Å². The van der Waals surface area contributed by atoms with Gasteiger partial charge in [0.2, 0.25) is 0 Å². The van der Waals surface area contributed by atoms with E-state index >= 15 is 0 Å². The molecule has 1 aromatic rings. The number of nitrogens with one attached hydrogen (secondary N) is 1. The minimum absolute atomic E-state index is 0.283. The minimum Gasteiger partial charge on any atom is -0.466 e. The summed E-state index contributed by atoms with van der Waals surface area (Å²) in [5.41, 5.74) is -1.26. The summed E-state index contributed by atoms with van der Waals surface area (Å²) in [7, 11) is 1.54. The van der Waals surface area contributed by atoms with E-state index in [-0.39, 0.29) is 6.61 Å². The van der Waals surface area contributed by atoms with Crippen LogP contribution in [0, 0.1) is 0 Å². The maximum Gasteiger partial charge on any atom is 0.408 e. The van der Waals surface area contributed by atoms with Crippen LogP contribution in [0.1, 0.15) is 39.0 Å². The van der Waals surface area contributed by atoms with E-state index in [0.717, 1.165) is 0 Å². The fourth-order valence-electron chi connectivity index (χ4n) is 1.72. The molecule has 6 nitrogen and oxygen atoms in total. The van der Waals surface area contributed by atoms with Gasteiger partial charge in [0.1, 0.15) is 11.4 Å². The molecule has 0 fully saturated rings. The summed E-state index contributed by atoms with van der Waals surface area (Å²) in [5, 5.41) is 2.52. The highest BCUT2D eigenvalue weighted by atomic mass is 16.6. The summed E-state index contributed by atoms with van der Waals surface area (Å²) in [6.07, 6.45) is 1.36. The molecule has 112 valence electrons. The number of carbonyl (C=O) groups excluding carboxylic acids is 2. The number of alkyl carbamates (subject to hydrolysis) is 1. The summed E-state index contributed by atoms with van der Waals surface area (Å²) >= 11 is 0. The second kappa shape index (κ2) is 6.09. The Morgan fingerprint density at radius 3 is 2.55 bits per heavy atom. The summed E-state index contributed by atoms with van der Waals surface area (Å²) in [4.78, 5) is 23.2. The molecule has 0 bridgehead atoms. The van der Waals surface area contributed by atoms with Crippen LogP contribution in [0.2, 0.25) is 0 Å². The Balaban J connectivity index is 2.94. The molecule has 1 aromatic heterocycles. The SMILES string of the molecule is COCc1ccoc1C(C)(C=O)NC(=O)OC(C)(C)C. The van der Waals surface area contributed by atoms with Crippen molar-refractivity contribution in [2.45, 2.75) is 45.4 Å². The van der Waals surface area contributed by atoms with Crippen LogP contribution in [0.15, 0.2) is 16.7 Å². The Morgan fingerprint density at radius 1 is 1.40 bits per heavy atom. The lowest BCUT2D eigenvalue weighted by Gasteiger charge is -2.26. The topological polar surface area (TPSA) is 77.8 Å². The highest BCUT2D eigenvalue weighted by molar-refractivity contribution is 5.77. The van der Waals surface area contributed by atoms with Crippen molar-refractivity contribution >= 4 is 12.4 Å². The molecule has 0 aliphatic carbocycles. The maximum absolute atomic E-state index is 11.8. The number of aldehydes is 1. The number of ether oxygens (including phenoxy) is 2. The van der Waals surface area contributed by atoms with E-state index in [0.29, 0.717) is 17.6 Å². The van der Waals surface area contributed by atoms with E-state index in [2.05, 4.69) is 5.32 Å². The zero-order valence-corrected chi connectivity index (χ0v) is 12.5. The van der Waals surface area contributed by atoms with Gasteiger partial charge in [-0.1, -0.05) is 0 Å². The monoisotopic (exact) mass is 283 g/mol. The first-order chi connectivity index (χ1) is 9.22. The van der Waals surface area contributed by atoms with Crippen molar-refractivity contribution in [2.24, 2.45) is 0 Å². The summed E-state index contributed by atoms with van der Waals surface area (Å²) in [5.74, 6) is 0.334. The Labute approximate surface area is 118 Å². The number of carbonyl (C=O) groups is 2. The molecule has 1 rings (SSSR count). The van der Waals surface area contributed by atoms with Crippen LogP contribution in [0.3, 0.4) is 0 Å². The van der Waals surface area contributed by atoms with Crippen molar-refractivity contribution in [1.82, 2.24) is 5.32 Å². The first kappa shape index (κ1) is 16.2. The first-order valence-corrected chi connectivity index (χ1v) is 6.25. The zero-order valence-electron chi connectivity index (χ0n) is 12.5. The molecule has 0 saturated heterocycles. The van der Waals surface area contributed by atoms with E-state index in [1.165, 1.54) is 13.4 Å². The summed E-state index contributed by atoms with van der Waals surface area (Å²) in [6, 6.07) is 1.69. The predicted molar refractivity (Wildman–Crippen MR) is 72.2 cm³/mol. The van der Waals surface area contributed by atoms with E-state index in [1.54, 1.807) is 33.8 Å². The highest BCUT2D eigenvalue weighted by Gasteiger charge is 2.35. The van der Waals surface area contributed by atoms with E-state index in [9.17, 15) is 9.59 Å². The third kappa shape index (κ3) is 4.09. The van der Waals surface area contributed by atoms with Crippen LogP contribution in [-0.4, -0.2) is 25.1 Å². The van der Waals surface area contributed by atoms with Crippen molar-refractivity contribution in [3.05, 3.63) is 23.7 Å². The van der Waals surface area contributed by atoms with E-state index in [1.807, 2.05) is 0 Å². The van der Waals surface area contributed by atoms with Crippen LogP contribution in [-0.2, 0) is 26.4 Å². The number of rotatable bonds is 5. The van der Waals surface area contributed by atoms with E-state index in [4.69, 9.17) is 13.9 Å². The number of furan rings is 1. The second-order valence-corrected chi connectivity index (χ2v) is 5.66. The second-order valence-electron chi connectivity index (χ2n) is 5.66. The fourth-order valence-corrected chi connectivity index (χ4v) is 1.72. The van der Waals surface area contributed by atoms with Gasteiger partial charge in [-0.05, 0) is 33.8 Å². The lowest BCUT2D eigenvalue weighted by molar-refractivity contribution is -0.113. The summed E-state index contributed by atoms with van der Waals surface area (Å²) in [6.45, 7) is 7.06. The largest absolute Gasteiger partial charge is 0.466 e. The van der Waals surface area contributed by atoms with Crippen molar-refractivity contribution in [3.63, 3.8) is 0 Å². The Hall–Kier alpha value is -1.82. The normalized spacial score (nSPS) is 14.4. The molecule has 1 heterocycles. The molecule has 1 unspecified atom stereocenters. The molecule has 0 spiro atoms. The number of amides is 1. The smallest absolute Gasteiger partial charge is 0.408 e. The molecular formula is C14H21NO5. The van der Waals surface area contributed by atoms with Crippen LogP contribution in [0.4, 0.5) is 4.79 Å². The Bertz CT molecular complexity index is 474. The third-order valence-corrected chi connectivity index (χ3v) is 2.51. The fraction of sp³-hybridized carbons (Fsp3) is 0.571. The average Bonchev–Trinajstić information content (AvgIpc) is 2.75. The van der Waals surface area contributed by atoms with Crippen LogP contribution in [0.25, 0.3) is 0 Å². The van der Waals surface area contributed by atoms with Gasteiger partial charge in [-0.15, -0.1) is 0 Å². The molecule has 0 radical (unpaired) electrons. The van der Waals surface area contributed by atoms with Gasteiger partial charge in [0.05, 0.1) is 12.9 Å². The van der Waals surface area contributed by atoms with E-state index < -0.39 is 17.2 Å². The van der Waals surface area contributed by atoms with Gasteiger partial charge in [-0.25, -0.2) is 4.79 Å². The molecular weight excluding hydrogens is 262 g/mol. The van der Waals surface area contributed by atoms with Gasteiger partial charge in [-0.2, -0.15) is 0 Å². The molecule has 0 aromatic carbocycles. The van der Waals surface area contributed by atoms with Crippen molar-refractivity contribution in [2.75, 3.05) is 7.11 Å². The van der Waals surface area contributed by atoms with Crippen LogP contribution < -0.4 is 5.32 Å². The van der Waals surface area contributed by atoms with Gasteiger partial charge < -0.3 is 24.0 Å². The zero-order chi connectivity index (χ0) is 15.4. The number of hydrogen-bond donors (Lipinski definition) is 1. The standard InChI is InChI=1S/C14H21NO5/c1-13(2,3)20-12(17)15-14(4,9-16)11-10(8-18-5)6-7-19-11/h6-7,9H,8H2,1-5H3,(H,15,17). The molecule has 1 N–H and O–H groups in total. The molecule has 0 aliphatic rings. The minimum atomic E-state index is -1.31. The quantitative estimate of drug-likeness (QED) is 0.839. The highest BCUT2D eigenvalue weighted by Crippen LogP contribution is 2.25. The van der Waals surface area contributed by atoms with Gasteiger partial charge in [-0.3, -0.25) is 0 Å². The molecule has 0 aliphatic heterocycles. The lowest BCUT2D eigenvalue weighted by Crippen LogP contribution is -2.47. The first-order valence-electron chi connectivity index (χ1n) is 6.25. The van der Waals surface area contributed by atoms with Crippen molar-refractivity contribution in [1.29, 1.82) is 0 Å². The van der Waals surface area contributed by atoms with Gasteiger partial charge >= 0.3 is 6.09 Å². The van der Waals surface area contributed by atoms with Crippen molar-refractivity contribution < 1.29 is 23.5 Å². The van der Waals surface area contributed by atoms with Crippen LogP contribution >= 0.6 is 0 Å². The third-order valence-electron chi connectivity index (χ3n) is 2.51. The molecule has 1 atom stereocenters. The average molecular weight is 283 g/mol. The van der Waals surface area contributed by atoms with Gasteiger partial charge in [0.15, 0.2) is 11.8 Å². The molecule has 1 amide bonds. The predicted octanol–water partition coefficient (Wildman–Crippen LogP) is 2.36. The molecule has 20 heavy (non-hydrogen) atoms. The number of hydrogen-bond acceptors (Lipinski definition) is 5. The molecule has 0 saturated carbocycles. The number of methoxy groups -OCH3 is 1.